The predicted molar refractivity (Wildman–Crippen MR) is 12.9 cm³/mol. The third-order valence-corrected chi connectivity index (χ3v) is 2.64. The van der Waals surface area contributed by atoms with Gasteiger partial charge < -0.3 is 0 Å². The van der Waals surface area contributed by atoms with Gasteiger partial charge in [0.15, 0.2) is 0 Å². The van der Waals surface area contributed by atoms with Crippen LogP contribution in [0.4, 0.5) is 0 Å². The molecule has 1 aliphatic heterocycles. The fourth-order valence-corrected chi connectivity index (χ4v) is 2.43. The first-order valence-electron chi connectivity index (χ1n) is 1.44. The second-order valence-electron chi connectivity index (χ2n) is 0.811. The monoisotopic (exact) mass is 282 g/mol. The van der Waals surface area contributed by atoms with Crippen molar-refractivity contribution < 1.29 is 47.1 Å². The summed E-state index contributed by atoms with van der Waals surface area (Å²) in [4.78, 5) is 4.30. The first-order chi connectivity index (χ1) is 3.29. The van der Waals surface area contributed by atoms with E-state index in [1.54, 1.807) is 0 Å². The molecule has 48 valence electrons. The van der Waals surface area contributed by atoms with Crippen molar-refractivity contribution in [1.29, 1.82) is 0 Å². The van der Waals surface area contributed by atoms with Crippen LogP contribution in [0.3, 0.4) is 0 Å². The quantitative estimate of drug-likeness (QED) is 0.472. The van der Waals surface area contributed by atoms with Crippen molar-refractivity contribution in [3.8, 4) is 0 Å². The Labute approximate surface area is 57.6 Å². The third-order valence-electron chi connectivity index (χ3n) is 0.351. The van der Waals surface area contributed by atoms with Crippen LogP contribution in [-0.4, -0.2) is 4.88 Å². The van der Waals surface area contributed by atoms with E-state index in [0.29, 0.717) is 0 Å². The fraction of sp³-hybridized carbons (Fsp3) is 1.00. The molecule has 0 aliphatic carbocycles. The first-order valence-corrected chi connectivity index (χ1v) is 5.36. The van der Waals surface area contributed by atoms with Gasteiger partial charge in [-0.2, -0.15) is 0 Å². The van der Waals surface area contributed by atoms with Crippen LogP contribution in [0.1, 0.15) is 0 Å². The van der Waals surface area contributed by atoms with Gasteiger partial charge in [-0.1, -0.05) is 0 Å². The molecule has 0 aromatic carbocycles. The van der Waals surface area contributed by atoms with Crippen molar-refractivity contribution in [2.24, 2.45) is 0 Å². The van der Waals surface area contributed by atoms with Crippen molar-refractivity contribution >= 4 is 0 Å². The van der Waals surface area contributed by atoms with Gasteiger partial charge in [0, 0.05) is 0 Å². The maximum absolute atomic E-state index is 5.00. The summed E-state index contributed by atoms with van der Waals surface area (Å²) in [6.45, 7) is 0. The summed E-state index contributed by atoms with van der Waals surface area (Å²) < 4.78 is 9.64. The summed E-state index contributed by atoms with van der Waals surface area (Å²) in [6.07, 6.45) is 0. The molecule has 1 rings (SSSR count). The van der Waals surface area contributed by atoms with E-state index in [9.17, 15) is 0 Å². The van der Waals surface area contributed by atoms with Gasteiger partial charge in [0.2, 0.25) is 0 Å². The van der Waals surface area contributed by atoms with Crippen LogP contribution in [0.15, 0.2) is 0 Å². The summed E-state index contributed by atoms with van der Waals surface area (Å²) in [5.74, 6) is 0. The van der Waals surface area contributed by atoms with E-state index in [1.807, 2.05) is 5.52 Å². The Kier molecular flexibility index (Phi) is 2.33. The minimum atomic E-state index is -1.28. The van der Waals surface area contributed by atoms with Crippen molar-refractivity contribution in [3.63, 3.8) is 0 Å². The topological polar surface area (TPSA) is 27.7 Å². The molecule has 0 saturated carbocycles. The molecule has 5 heteroatoms. The Morgan fingerprint density at radius 2 is 2.43 bits per heavy atom. The van der Waals surface area contributed by atoms with E-state index >= 15 is 0 Å². The Balaban J connectivity index is 2.26. The summed E-state index contributed by atoms with van der Waals surface area (Å²) >= 11 is 1.25. The van der Waals surface area contributed by atoms with Crippen molar-refractivity contribution in [1.82, 2.24) is 0 Å². The van der Waals surface area contributed by atoms with Crippen LogP contribution in [0.5, 0.6) is 0 Å². The Bertz CT molecular complexity index is 60.0. The predicted octanol–water partition coefficient (Wildman–Crippen LogP) is 0.291. The van der Waals surface area contributed by atoms with E-state index in [-0.39, 0.29) is 4.88 Å². The van der Waals surface area contributed by atoms with Gasteiger partial charge in [-0.15, -0.1) is 0 Å². The fourth-order valence-electron chi connectivity index (χ4n) is 0.177. The van der Waals surface area contributed by atoms with E-state index in [0.717, 1.165) is 0 Å². The number of hydrogen-bond acceptors (Lipinski definition) is 3. The van der Waals surface area contributed by atoms with Gasteiger partial charge in [0.05, 0.1) is 0 Å². The summed E-state index contributed by atoms with van der Waals surface area (Å²) in [5.41, 5.74) is 1.89. The van der Waals surface area contributed by atoms with Crippen molar-refractivity contribution in [2.45, 2.75) is 10.4 Å². The molecule has 7 heavy (non-hydrogen) atoms. The molecule has 1 aliphatic rings. The minimum absolute atomic E-state index is 0.251. The molecule has 1 fully saturated rings. The van der Waals surface area contributed by atoms with Gasteiger partial charge in [0.25, 0.3) is 0 Å². The molecule has 0 aromatic rings. The molecule has 1 atom stereocenters. The summed E-state index contributed by atoms with van der Waals surface area (Å²) in [6, 6.07) is 0. The Morgan fingerprint density at radius 1 is 1.71 bits per heavy atom. The molecule has 0 amide bonds. The molecule has 3 nitrogen and oxygen atoms in total. The molecule has 1 heterocycles. The summed E-state index contributed by atoms with van der Waals surface area (Å²) in [5, 5.41) is 0. The number of hydrogen-bond donors (Lipinski definition) is 0. The van der Waals surface area contributed by atoms with E-state index in [2.05, 4.69) is 26.9 Å². The molecule has 1 saturated heterocycles. The molecular formula is C2H4O3Rh2. The van der Waals surface area contributed by atoms with Crippen molar-refractivity contribution in [3.05, 3.63) is 0 Å². The van der Waals surface area contributed by atoms with Gasteiger partial charge in [0.1, 0.15) is 0 Å². The molecule has 0 N–H and O–H groups in total. The van der Waals surface area contributed by atoms with Gasteiger partial charge >= 0.3 is 57.5 Å². The zero-order valence-electron chi connectivity index (χ0n) is 3.47. The molecule has 1 unspecified atom stereocenters. The van der Waals surface area contributed by atoms with Crippen LogP contribution in [-0.2, 0) is 47.1 Å². The zero-order valence-corrected chi connectivity index (χ0v) is 6.75. The second-order valence-corrected chi connectivity index (χ2v) is 3.85. The molecule has 0 bridgehead atoms. The molecule has 0 radical (unpaired) electrons. The standard InChI is InChI=1S/CH2O3.CH3.2Rh/c2-1-4-3;;;/h1,3H;1H3;;/q-1;;;+2/p-1. The first kappa shape index (κ1) is 6.25. The molecule has 0 aromatic heterocycles. The van der Waals surface area contributed by atoms with E-state index in [1.165, 1.54) is 0 Å². The summed E-state index contributed by atoms with van der Waals surface area (Å²) in [7, 11) is 0. The van der Waals surface area contributed by atoms with Crippen LogP contribution >= 0.6 is 0 Å². The van der Waals surface area contributed by atoms with Crippen molar-refractivity contribution in [2.75, 3.05) is 0 Å². The van der Waals surface area contributed by atoms with Crippen LogP contribution in [0.25, 0.3) is 0 Å². The number of rotatable bonds is 0. The maximum atomic E-state index is 5.00. The normalized spacial score (nSPS) is 37.0. The average molecular weight is 282 g/mol. The molecular weight excluding hydrogens is 278 g/mol. The molecule has 0 spiro atoms. The third kappa shape index (κ3) is 1.83. The second kappa shape index (κ2) is 2.61. The zero-order chi connectivity index (χ0) is 5.28. The Hall–Kier alpha value is 1.13. The SMILES string of the molecule is [CH3][Rh]1[O]O[CH]([Rh])[O]1. The van der Waals surface area contributed by atoms with Gasteiger partial charge in [-0.25, -0.2) is 0 Å². The van der Waals surface area contributed by atoms with E-state index in [4.69, 9.17) is 3.56 Å². The average Bonchev–Trinajstić information content (AvgIpc) is 1.87. The van der Waals surface area contributed by atoms with Crippen LogP contribution in [0, 0.1) is 0 Å². The van der Waals surface area contributed by atoms with Gasteiger partial charge in [-0.3, -0.25) is 0 Å². The van der Waals surface area contributed by atoms with Crippen LogP contribution in [0.2, 0.25) is 5.52 Å². The Morgan fingerprint density at radius 3 is 2.57 bits per heavy atom. The van der Waals surface area contributed by atoms with Gasteiger partial charge in [-0.05, 0) is 0 Å². The van der Waals surface area contributed by atoms with Crippen LogP contribution < -0.4 is 0 Å². The van der Waals surface area contributed by atoms with E-state index < -0.39 is 16.7 Å².